The smallest absolute Gasteiger partial charge is 0.154 e. The molecule has 4 nitrogen and oxygen atoms in total. The van der Waals surface area contributed by atoms with Crippen LogP contribution in [0, 0.1) is 0 Å². The predicted octanol–water partition coefficient (Wildman–Crippen LogP) is -0.888. The van der Waals surface area contributed by atoms with Crippen molar-refractivity contribution in [2.75, 3.05) is 25.9 Å². The van der Waals surface area contributed by atoms with Gasteiger partial charge in [-0.25, -0.2) is 8.42 Å². The fourth-order valence-corrected chi connectivity index (χ4v) is 2.86. The normalized spacial score (nSPS) is 23.8. The molecule has 72 valence electrons. The molecule has 1 rings (SSSR count). The Bertz CT molecular complexity index is 242. The van der Waals surface area contributed by atoms with Gasteiger partial charge in [-0.1, -0.05) is 0 Å². The monoisotopic (exact) mass is 192 g/mol. The van der Waals surface area contributed by atoms with Gasteiger partial charge in [0.2, 0.25) is 0 Å². The molecule has 0 aromatic rings. The molecule has 1 heterocycles. The van der Waals surface area contributed by atoms with Crippen LogP contribution in [0.25, 0.3) is 0 Å². The van der Waals surface area contributed by atoms with E-state index in [1.54, 1.807) is 0 Å². The predicted molar refractivity (Wildman–Crippen MR) is 48.7 cm³/mol. The lowest BCUT2D eigenvalue weighted by atomic mass is 9.97. The highest BCUT2D eigenvalue weighted by molar-refractivity contribution is 7.92. The number of rotatable bonds is 2. The number of hydrogen-bond donors (Lipinski definition) is 2. The van der Waals surface area contributed by atoms with E-state index in [1.165, 1.54) is 6.26 Å². The lowest BCUT2D eigenvalue weighted by Gasteiger charge is -2.34. The first-order chi connectivity index (χ1) is 5.52. The first kappa shape index (κ1) is 9.95. The van der Waals surface area contributed by atoms with Crippen LogP contribution in [-0.2, 0) is 9.84 Å². The Labute approximate surface area is 73.4 Å². The van der Waals surface area contributed by atoms with Crippen molar-refractivity contribution in [1.82, 2.24) is 5.32 Å². The van der Waals surface area contributed by atoms with E-state index >= 15 is 0 Å². The molecule has 0 saturated carbocycles. The van der Waals surface area contributed by atoms with Gasteiger partial charge in [0.05, 0.1) is 4.75 Å². The maximum absolute atomic E-state index is 11.4. The standard InChI is InChI=1S/C7H16N2O2S/c1-12(10,11)7(6-8)2-4-9-5-3-7/h9H,2-6,8H2,1H3. The molecule has 0 radical (unpaired) electrons. The van der Waals surface area contributed by atoms with Crippen LogP contribution in [0.5, 0.6) is 0 Å². The molecule has 0 aromatic heterocycles. The zero-order valence-corrected chi connectivity index (χ0v) is 8.15. The third-order valence-electron chi connectivity index (χ3n) is 2.67. The summed E-state index contributed by atoms with van der Waals surface area (Å²) in [6.45, 7) is 1.75. The second-order valence-corrected chi connectivity index (χ2v) is 5.82. The van der Waals surface area contributed by atoms with Gasteiger partial charge in [0.1, 0.15) is 0 Å². The van der Waals surface area contributed by atoms with Crippen LogP contribution in [0.15, 0.2) is 0 Å². The van der Waals surface area contributed by atoms with Crippen LogP contribution in [0.4, 0.5) is 0 Å². The van der Waals surface area contributed by atoms with Crippen molar-refractivity contribution in [3.05, 3.63) is 0 Å². The minimum Gasteiger partial charge on any atom is -0.329 e. The fraction of sp³-hybridized carbons (Fsp3) is 1.00. The number of sulfone groups is 1. The average molecular weight is 192 g/mol. The van der Waals surface area contributed by atoms with Crippen molar-refractivity contribution in [2.24, 2.45) is 5.73 Å². The zero-order valence-electron chi connectivity index (χ0n) is 7.34. The van der Waals surface area contributed by atoms with Crippen molar-refractivity contribution in [3.63, 3.8) is 0 Å². The molecule has 1 saturated heterocycles. The van der Waals surface area contributed by atoms with Crippen molar-refractivity contribution in [3.8, 4) is 0 Å². The molecular formula is C7H16N2O2S. The summed E-state index contributed by atoms with van der Waals surface area (Å²) in [4.78, 5) is 0. The summed E-state index contributed by atoms with van der Waals surface area (Å²) in [7, 11) is -3.00. The summed E-state index contributed by atoms with van der Waals surface area (Å²) in [5, 5.41) is 3.13. The van der Waals surface area contributed by atoms with E-state index in [4.69, 9.17) is 5.73 Å². The van der Waals surface area contributed by atoms with Gasteiger partial charge in [0.15, 0.2) is 9.84 Å². The van der Waals surface area contributed by atoms with E-state index in [0.29, 0.717) is 12.8 Å². The SMILES string of the molecule is CS(=O)(=O)C1(CN)CCNCC1. The Morgan fingerprint density at radius 2 is 1.92 bits per heavy atom. The number of nitrogens with one attached hydrogen (secondary N) is 1. The summed E-state index contributed by atoms with van der Waals surface area (Å²) >= 11 is 0. The van der Waals surface area contributed by atoms with Crippen molar-refractivity contribution < 1.29 is 8.42 Å². The molecule has 0 amide bonds. The molecule has 1 aliphatic heterocycles. The van der Waals surface area contributed by atoms with E-state index in [9.17, 15) is 8.42 Å². The van der Waals surface area contributed by atoms with Gasteiger partial charge < -0.3 is 11.1 Å². The van der Waals surface area contributed by atoms with E-state index < -0.39 is 14.6 Å². The number of hydrogen-bond acceptors (Lipinski definition) is 4. The Morgan fingerprint density at radius 1 is 1.42 bits per heavy atom. The van der Waals surface area contributed by atoms with Gasteiger partial charge in [0, 0.05) is 12.8 Å². The fourth-order valence-electron chi connectivity index (χ4n) is 1.61. The summed E-state index contributed by atoms with van der Waals surface area (Å²) < 4.78 is 22.2. The molecule has 0 atom stereocenters. The molecule has 3 N–H and O–H groups in total. The highest BCUT2D eigenvalue weighted by atomic mass is 32.2. The third kappa shape index (κ3) is 1.62. The first-order valence-electron chi connectivity index (χ1n) is 4.12. The summed E-state index contributed by atoms with van der Waals surface area (Å²) in [6.07, 6.45) is 2.57. The van der Waals surface area contributed by atoms with Gasteiger partial charge >= 0.3 is 0 Å². The first-order valence-corrected chi connectivity index (χ1v) is 6.01. The van der Waals surface area contributed by atoms with E-state index in [0.717, 1.165) is 13.1 Å². The highest BCUT2D eigenvalue weighted by Crippen LogP contribution is 2.25. The molecule has 0 bridgehead atoms. The Balaban J connectivity index is 2.88. The van der Waals surface area contributed by atoms with E-state index in [2.05, 4.69) is 5.32 Å². The van der Waals surface area contributed by atoms with Crippen molar-refractivity contribution in [2.45, 2.75) is 17.6 Å². The van der Waals surface area contributed by atoms with Crippen LogP contribution in [0.2, 0.25) is 0 Å². The second-order valence-electron chi connectivity index (χ2n) is 3.41. The van der Waals surface area contributed by atoms with Gasteiger partial charge in [-0.15, -0.1) is 0 Å². The Morgan fingerprint density at radius 3 is 2.17 bits per heavy atom. The Hall–Kier alpha value is -0.130. The molecular weight excluding hydrogens is 176 g/mol. The zero-order chi connectivity index (χ0) is 9.24. The molecule has 1 aliphatic rings. The molecule has 1 fully saturated rings. The molecule has 0 aliphatic carbocycles. The molecule has 0 spiro atoms. The van der Waals surface area contributed by atoms with Crippen molar-refractivity contribution in [1.29, 1.82) is 0 Å². The van der Waals surface area contributed by atoms with Gasteiger partial charge in [-0.3, -0.25) is 0 Å². The van der Waals surface area contributed by atoms with Crippen LogP contribution in [0.3, 0.4) is 0 Å². The van der Waals surface area contributed by atoms with Crippen LogP contribution >= 0.6 is 0 Å². The van der Waals surface area contributed by atoms with Crippen molar-refractivity contribution >= 4 is 9.84 Å². The largest absolute Gasteiger partial charge is 0.329 e. The van der Waals surface area contributed by atoms with Crippen LogP contribution in [0.1, 0.15) is 12.8 Å². The maximum atomic E-state index is 11.4. The minimum atomic E-state index is -3.00. The number of piperidine rings is 1. The molecule has 0 aromatic carbocycles. The summed E-state index contributed by atoms with van der Waals surface area (Å²) in [5.41, 5.74) is 5.52. The summed E-state index contributed by atoms with van der Waals surface area (Å²) in [5.74, 6) is 0. The van der Waals surface area contributed by atoms with Gasteiger partial charge in [-0.2, -0.15) is 0 Å². The molecule has 0 unspecified atom stereocenters. The van der Waals surface area contributed by atoms with E-state index in [1.807, 2.05) is 0 Å². The van der Waals surface area contributed by atoms with Gasteiger partial charge in [-0.05, 0) is 25.9 Å². The minimum absolute atomic E-state index is 0.244. The lowest BCUT2D eigenvalue weighted by molar-refractivity contribution is 0.394. The second kappa shape index (κ2) is 3.32. The Kier molecular flexibility index (Phi) is 2.75. The van der Waals surface area contributed by atoms with Gasteiger partial charge in [0.25, 0.3) is 0 Å². The molecule has 12 heavy (non-hydrogen) atoms. The van der Waals surface area contributed by atoms with E-state index in [-0.39, 0.29) is 6.54 Å². The van der Waals surface area contributed by atoms with Crippen LogP contribution in [-0.4, -0.2) is 39.1 Å². The number of nitrogens with two attached hydrogens (primary N) is 1. The highest BCUT2D eigenvalue weighted by Gasteiger charge is 2.40. The summed E-state index contributed by atoms with van der Waals surface area (Å²) in [6, 6.07) is 0. The third-order valence-corrected chi connectivity index (χ3v) is 4.82. The molecule has 5 heteroatoms. The maximum Gasteiger partial charge on any atom is 0.154 e. The lowest BCUT2D eigenvalue weighted by Crippen LogP contribution is -2.52. The quantitative estimate of drug-likeness (QED) is 0.595. The average Bonchev–Trinajstić information content (AvgIpc) is 2.04. The topological polar surface area (TPSA) is 72.2 Å². The van der Waals surface area contributed by atoms with Crippen LogP contribution < -0.4 is 11.1 Å².